The fourth-order valence-electron chi connectivity index (χ4n) is 4.74. The molecule has 0 saturated heterocycles. The van der Waals surface area contributed by atoms with E-state index in [2.05, 4.69) is 15.3 Å². The molecule has 0 radical (unpaired) electrons. The number of nitrogens with one attached hydrogen (secondary N) is 1. The summed E-state index contributed by atoms with van der Waals surface area (Å²) in [6.07, 6.45) is 6.68. The highest BCUT2D eigenvalue weighted by Crippen LogP contribution is 2.70. The number of hydrogen-bond donors (Lipinski definition) is 1. The van der Waals surface area contributed by atoms with Gasteiger partial charge in [0, 0.05) is 36.5 Å². The van der Waals surface area contributed by atoms with Gasteiger partial charge in [-0.25, -0.2) is 14.4 Å². The van der Waals surface area contributed by atoms with Crippen LogP contribution in [0.4, 0.5) is 10.3 Å². The van der Waals surface area contributed by atoms with Crippen LogP contribution < -0.4 is 10.1 Å². The molecule has 2 aromatic heterocycles. The summed E-state index contributed by atoms with van der Waals surface area (Å²) in [5, 5.41) is 3.90. The minimum atomic E-state index is -0.564. The first kappa shape index (κ1) is 18.6. The average Bonchev–Trinajstić information content (AvgIpc) is 3.08. The number of ether oxygens (including phenoxy) is 1. The van der Waals surface area contributed by atoms with E-state index in [1.165, 1.54) is 12.1 Å². The number of nitrogens with zero attached hydrogens (tertiary/aromatic N) is 3. The third-order valence-corrected chi connectivity index (χ3v) is 6.24. The molecular weight excluding hydrogens is 418 g/mol. The molecule has 3 aliphatic carbocycles. The molecule has 0 spiro atoms. The van der Waals surface area contributed by atoms with E-state index in [1.807, 2.05) is 10.6 Å². The molecule has 29 heavy (non-hydrogen) atoms. The van der Waals surface area contributed by atoms with Gasteiger partial charge < -0.3 is 10.1 Å². The van der Waals surface area contributed by atoms with Gasteiger partial charge >= 0.3 is 0 Å². The van der Waals surface area contributed by atoms with Crippen molar-refractivity contribution in [1.29, 1.82) is 0 Å². The number of carbonyl (C=O) groups is 1. The number of benzene rings is 1. The highest BCUT2D eigenvalue weighted by Gasteiger charge is 2.68. The first-order valence-corrected chi connectivity index (χ1v) is 9.98. The highest BCUT2D eigenvalue weighted by molar-refractivity contribution is 6.30. The zero-order valence-electron chi connectivity index (χ0n) is 15.3. The molecule has 0 atom stereocenters. The normalized spacial score (nSPS) is 24.7. The Bertz CT molecular complexity index is 1110. The van der Waals surface area contributed by atoms with Crippen LogP contribution in [-0.2, 0) is 4.79 Å². The van der Waals surface area contributed by atoms with E-state index in [4.69, 9.17) is 27.9 Å². The van der Waals surface area contributed by atoms with E-state index in [0.29, 0.717) is 23.3 Å². The molecule has 0 unspecified atom stereocenters. The summed E-state index contributed by atoms with van der Waals surface area (Å²) in [6, 6.07) is 5.85. The summed E-state index contributed by atoms with van der Waals surface area (Å²) in [5.41, 5.74) is 0.709. The van der Waals surface area contributed by atoms with Gasteiger partial charge in [-0.05, 0) is 36.8 Å². The monoisotopic (exact) mass is 434 g/mol. The molecule has 2 heterocycles. The van der Waals surface area contributed by atoms with Gasteiger partial charge in [-0.1, -0.05) is 23.2 Å². The van der Waals surface area contributed by atoms with Crippen LogP contribution in [0.1, 0.15) is 25.7 Å². The third-order valence-electron chi connectivity index (χ3n) is 5.74. The summed E-state index contributed by atoms with van der Waals surface area (Å²) in [5.74, 6) is 0.405. The van der Waals surface area contributed by atoms with Crippen molar-refractivity contribution in [3.8, 4) is 5.75 Å². The molecule has 1 aromatic carbocycles. The molecule has 1 N–H and O–H groups in total. The van der Waals surface area contributed by atoms with Gasteiger partial charge in [-0.2, -0.15) is 0 Å². The quantitative estimate of drug-likeness (QED) is 0.552. The largest absolute Gasteiger partial charge is 0.486 e. The Morgan fingerprint density at radius 1 is 1.28 bits per heavy atom. The molecule has 6 rings (SSSR count). The number of aromatic nitrogens is 3. The predicted octanol–water partition coefficient (Wildman–Crippen LogP) is 4.55. The second kappa shape index (κ2) is 6.57. The summed E-state index contributed by atoms with van der Waals surface area (Å²) in [6.45, 7) is -0.0746. The van der Waals surface area contributed by atoms with Crippen LogP contribution in [0, 0.1) is 11.2 Å². The number of imidazole rings is 1. The van der Waals surface area contributed by atoms with E-state index in [-0.39, 0.29) is 28.4 Å². The van der Waals surface area contributed by atoms with E-state index in [1.54, 1.807) is 18.3 Å². The van der Waals surface area contributed by atoms with E-state index in [0.717, 1.165) is 24.9 Å². The topological polar surface area (TPSA) is 68.5 Å². The Labute approximate surface area is 176 Å². The lowest BCUT2D eigenvalue weighted by Crippen LogP contribution is -2.71. The fraction of sp³-hybridized carbons (Fsp3) is 0.350. The van der Waals surface area contributed by atoms with E-state index >= 15 is 0 Å². The Morgan fingerprint density at radius 2 is 2.07 bits per heavy atom. The Balaban J connectivity index is 1.16. The molecule has 0 amide bonds. The lowest BCUT2D eigenvalue weighted by Gasteiger charge is -2.70. The SMILES string of the molecule is O=C(COc1ccc(Cl)c(F)c1)CC12CC(Nc3nc(Cl)cc4nccn34)(C1)C2. The van der Waals surface area contributed by atoms with Gasteiger partial charge in [-0.15, -0.1) is 0 Å². The van der Waals surface area contributed by atoms with Crippen molar-refractivity contribution in [2.45, 2.75) is 31.2 Å². The lowest BCUT2D eigenvalue weighted by atomic mass is 9.38. The Kier molecular flexibility index (Phi) is 4.22. The standard InChI is InChI=1S/C20H17Cl2FN4O2/c21-14-2-1-13(5-15(14)23)29-8-12(28)7-19-9-20(10-19,11-19)26-18-25-16(22)6-17-24-3-4-27(17)18/h1-6H,7-11H2,(H,25,26). The van der Waals surface area contributed by atoms with Crippen molar-refractivity contribution in [2.24, 2.45) is 5.41 Å². The van der Waals surface area contributed by atoms with Crippen molar-refractivity contribution in [2.75, 3.05) is 11.9 Å². The van der Waals surface area contributed by atoms with Crippen LogP contribution in [0.3, 0.4) is 0 Å². The molecule has 9 heteroatoms. The number of ketones is 1. The van der Waals surface area contributed by atoms with Gasteiger partial charge in [0.1, 0.15) is 29.0 Å². The van der Waals surface area contributed by atoms with Gasteiger partial charge in [0.15, 0.2) is 5.78 Å². The molecule has 3 fully saturated rings. The fourth-order valence-corrected chi connectivity index (χ4v) is 5.03. The average molecular weight is 435 g/mol. The molecule has 0 aliphatic heterocycles. The first-order valence-electron chi connectivity index (χ1n) is 9.23. The zero-order valence-corrected chi connectivity index (χ0v) is 16.8. The van der Waals surface area contributed by atoms with Gasteiger partial charge in [-0.3, -0.25) is 9.20 Å². The summed E-state index contributed by atoms with van der Waals surface area (Å²) in [4.78, 5) is 21.0. The second-order valence-electron chi connectivity index (χ2n) is 8.07. The molecule has 3 aromatic rings. The molecular formula is C20H17Cl2FN4O2. The third kappa shape index (κ3) is 3.32. The highest BCUT2D eigenvalue weighted by atomic mass is 35.5. The zero-order chi connectivity index (χ0) is 20.2. The van der Waals surface area contributed by atoms with Crippen molar-refractivity contribution in [3.05, 3.63) is 52.7 Å². The summed E-state index contributed by atoms with van der Waals surface area (Å²) < 4.78 is 20.7. The van der Waals surface area contributed by atoms with Crippen LogP contribution in [0.5, 0.6) is 5.75 Å². The van der Waals surface area contributed by atoms with Crippen LogP contribution in [0.15, 0.2) is 36.7 Å². The van der Waals surface area contributed by atoms with Crippen LogP contribution in [-0.4, -0.2) is 32.3 Å². The van der Waals surface area contributed by atoms with E-state index < -0.39 is 5.82 Å². The van der Waals surface area contributed by atoms with Crippen molar-refractivity contribution in [3.63, 3.8) is 0 Å². The Morgan fingerprint density at radius 3 is 2.83 bits per heavy atom. The van der Waals surface area contributed by atoms with Crippen molar-refractivity contribution < 1.29 is 13.9 Å². The number of halogens is 3. The molecule has 3 aliphatic rings. The minimum absolute atomic E-state index is 0.00605. The molecule has 2 bridgehead atoms. The van der Waals surface area contributed by atoms with Crippen molar-refractivity contribution >= 4 is 40.6 Å². The summed E-state index contributed by atoms with van der Waals surface area (Å²) >= 11 is 11.7. The number of fused-ring (bicyclic) bond motifs is 1. The molecule has 6 nitrogen and oxygen atoms in total. The minimum Gasteiger partial charge on any atom is -0.486 e. The van der Waals surface area contributed by atoms with Gasteiger partial charge in [0.2, 0.25) is 5.95 Å². The van der Waals surface area contributed by atoms with Crippen molar-refractivity contribution in [1.82, 2.24) is 14.4 Å². The Hall–Kier alpha value is -2.38. The van der Waals surface area contributed by atoms with Crippen LogP contribution >= 0.6 is 23.2 Å². The predicted molar refractivity (Wildman–Crippen MR) is 107 cm³/mol. The summed E-state index contributed by atoms with van der Waals surface area (Å²) in [7, 11) is 0. The van der Waals surface area contributed by atoms with Crippen LogP contribution in [0.2, 0.25) is 10.2 Å². The maximum atomic E-state index is 13.4. The lowest BCUT2D eigenvalue weighted by molar-refractivity contribution is -0.147. The first-order chi connectivity index (χ1) is 13.9. The van der Waals surface area contributed by atoms with E-state index in [9.17, 15) is 9.18 Å². The number of hydrogen-bond acceptors (Lipinski definition) is 5. The molecule has 150 valence electrons. The number of anilines is 1. The molecule has 3 saturated carbocycles. The number of carbonyl (C=O) groups excluding carboxylic acids is 1. The smallest absolute Gasteiger partial charge is 0.210 e. The van der Waals surface area contributed by atoms with Crippen LogP contribution in [0.25, 0.3) is 5.65 Å². The van der Waals surface area contributed by atoms with Gasteiger partial charge in [0.05, 0.1) is 5.02 Å². The second-order valence-corrected chi connectivity index (χ2v) is 8.87. The number of Topliss-reactive ketones (excluding diaryl/α,β-unsaturated/α-hetero) is 1. The number of rotatable bonds is 7. The maximum Gasteiger partial charge on any atom is 0.210 e. The maximum absolute atomic E-state index is 13.4. The van der Waals surface area contributed by atoms with Gasteiger partial charge in [0.25, 0.3) is 0 Å².